The molecular formula is C9H16ClN3S. The molecule has 0 fully saturated rings. The molecule has 0 aromatic carbocycles. The summed E-state index contributed by atoms with van der Waals surface area (Å²) in [7, 11) is 3.85. The van der Waals surface area contributed by atoms with Crippen LogP contribution in [0.2, 0.25) is 0 Å². The van der Waals surface area contributed by atoms with Gasteiger partial charge in [0.15, 0.2) is 5.17 Å². The minimum atomic E-state index is 0.376. The highest BCUT2D eigenvalue weighted by molar-refractivity contribution is 8.13. The van der Waals surface area contributed by atoms with Crippen molar-refractivity contribution in [2.75, 3.05) is 26.9 Å². The first-order valence-corrected chi connectivity index (χ1v) is 5.82. The van der Waals surface area contributed by atoms with E-state index in [-0.39, 0.29) is 0 Å². The van der Waals surface area contributed by atoms with Crippen LogP contribution in [0.15, 0.2) is 22.3 Å². The quantitative estimate of drug-likeness (QED) is 0.553. The van der Waals surface area contributed by atoms with E-state index in [0.29, 0.717) is 17.4 Å². The monoisotopic (exact) mass is 233 g/mol. The summed E-state index contributed by atoms with van der Waals surface area (Å²) < 4.78 is 0. The summed E-state index contributed by atoms with van der Waals surface area (Å²) in [5, 5.41) is 1.24. The Balaban J connectivity index is 4.63. The van der Waals surface area contributed by atoms with Crippen molar-refractivity contribution in [1.29, 1.82) is 0 Å². The van der Waals surface area contributed by atoms with Gasteiger partial charge >= 0.3 is 0 Å². The molecule has 0 N–H and O–H groups in total. The van der Waals surface area contributed by atoms with Crippen molar-refractivity contribution in [2.45, 2.75) is 6.92 Å². The molecule has 0 aromatic heterocycles. The maximum Gasteiger partial charge on any atom is 0.163 e. The van der Waals surface area contributed by atoms with Crippen LogP contribution in [0, 0.1) is 0 Å². The van der Waals surface area contributed by atoms with Gasteiger partial charge in [-0.25, -0.2) is 4.99 Å². The fourth-order valence-electron chi connectivity index (χ4n) is 0.720. The van der Waals surface area contributed by atoms with Crippen LogP contribution < -0.4 is 0 Å². The molecule has 0 radical (unpaired) electrons. The predicted octanol–water partition coefficient (Wildman–Crippen LogP) is 2.44. The van der Waals surface area contributed by atoms with Crippen LogP contribution in [-0.2, 0) is 0 Å². The van der Waals surface area contributed by atoms with Gasteiger partial charge in [0.1, 0.15) is 5.17 Å². The van der Waals surface area contributed by atoms with Crippen LogP contribution in [0.5, 0.6) is 0 Å². The summed E-state index contributed by atoms with van der Waals surface area (Å²) >= 11 is 7.40. The highest BCUT2D eigenvalue weighted by Gasteiger charge is 2.03. The Morgan fingerprint density at radius 1 is 1.50 bits per heavy atom. The van der Waals surface area contributed by atoms with Gasteiger partial charge in [0.05, 0.1) is 5.70 Å². The van der Waals surface area contributed by atoms with Crippen molar-refractivity contribution >= 4 is 33.7 Å². The van der Waals surface area contributed by atoms with Crippen molar-refractivity contribution in [1.82, 2.24) is 4.90 Å². The van der Waals surface area contributed by atoms with Gasteiger partial charge in [-0.3, -0.25) is 4.99 Å². The van der Waals surface area contributed by atoms with Crippen molar-refractivity contribution < 1.29 is 0 Å². The van der Waals surface area contributed by atoms with Crippen LogP contribution in [-0.4, -0.2) is 42.1 Å². The SMILES string of the molecule is C=C(/N=C(/SC)N(C)C)/C(Cl)=N\CC. The molecule has 0 aromatic rings. The van der Waals surface area contributed by atoms with Gasteiger partial charge in [0.25, 0.3) is 0 Å². The van der Waals surface area contributed by atoms with E-state index >= 15 is 0 Å². The highest BCUT2D eigenvalue weighted by Crippen LogP contribution is 2.08. The zero-order chi connectivity index (χ0) is 11.1. The average Bonchev–Trinajstić information content (AvgIpc) is 2.13. The molecule has 0 bridgehead atoms. The molecule has 0 spiro atoms. The van der Waals surface area contributed by atoms with E-state index in [2.05, 4.69) is 16.6 Å². The Kier molecular flexibility index (Phi) is 6.66. The first-order chi connectivity index (χ1) is 6.52. The molecule has 0 rings (SSSR count). The second-order valence-electron chi connectivity index (χ2n) is 2.70. The van der Waals surface area contributed by atoms with Gasteiger partial charge < -0.3 is 4.90 Å². The summed E-state index contributed by atoms with van der Waals surface area (Å²) in [4.78, 5) is 10.2. The number of hydrogen-bond donors (Lipinski definition) is 0. The molecule has 3 nitrogen and oxygen atoms in total. The summed E-state index contributed by atoms with van der Waals surface area (Å²) in [6, 6.07) is 0. The van der Waals surface area contributed by atoms with E-state index in [1.165, 1.54) is 0 Å². The summed E-state index contributed by atoms with van der Waals surface area (Å²) in [6.45, 7) is 6.31. The molecule has 80 valence electrons. The lowest BCUT2D eigenvalue weighted by Crippen LogP contribution is -2.18. The van der Waals surface area contributed by atoms with Crippen molar-refractivity contribution in [3.63, 3.8) is 0 Å². The smallest absolute Gasteiger partial charge is 0.163 e. The lowest BCUT2D eigenvalue weighted by molar-refractivity contribution is 0.636. The number of nitrogens with zero attached hydrogens (tertiary/aromatic N) is 3. The fourth-order valence-corrected chi connectivity index (χ4v) is 1.45. The Morgan fingerprint density at radius 3 is 2.43 bits per heavy atom. The lowest BCUT2D eigenvalue weighted by atomic mass is 10.5. The van der Waals surface area contributed by atoms with E-state index < -0.39 is 0 Å². The Bertz CT molecular complexity index is 259. The number of aliphatic imine (C=N–C) groups is 2. The molecule has 14 heavy (non-hydrogen) atoms. The number of amidine groups is 1. The maximum absolute atomic E-state index is 5.85. The Morgan fingerprint density at radius 2 is 2.07 bits per heavy atom. The maximum atomic E-state index is 5.85. The van der Waals surface area contributed by atoms with Crippen LogP contribution in [0.1, 0.15) is 6.92 Å². The van der Waals surface area contributed by atoms with Crippen LogP contribution in [0.4, 0.5) is 0 Å². The van der Waals surface area contributed by atoms with Crippen LogP contribution in [0.3, 0.4) is 0 Å². The Labute approximate surface area is 94.9 Å². The summed E-state index contributed by atoms with van der Waals surface area (Å²) in [5.41, 5.74) is 0.506. The molecular weight excluding hydrogens is 218 g/mol. The molecule has 0 unspecified atom stereocenters. The second kappa shape index (κ2) is 6.90. The van der Waals surface area contributed by atoms with Crippen LogP contribution >= 0.6 is 23.4 Å². The normalized spacial score (nSPS) is 12.9. The van der Waals surface area contributed by atoms with Gasteiger partial charge in [0.2, 0.25) is 0 Å². The van der Waals surface area contributed by atoms with Gasteiger partial charge in [-0.2, -0.15) is 0 Å². The minimum absolute atomic E-state index is 0.376. The Hall–Kier alpha value is -0.480. The zero-order valence-electron chi connectivity index (χ0n) is 9.04. The number of allylic oxidation sites excluding steroid dienone is 1. The van der Waals surface area contributed by atoms with Gasteiger partial charge in [0, 0.05) is 20.6 Å². The number of thioether (sulfide) groups is 1. The van der Waals surface area contributed by atoms with Gasteiger partial charge in [-0.15, -0.1) is 0 Å². The molecule has 0 aliphatic heterocycles. The predicted molar refractivity (Wildman–Crippen MR) is 67.6 cm³/mol. The van der Waals surface area contributed by atoms with Gasteiger partial charge in [-0.1, -0.05) is 29.9 Å². The van der Waals surface area contributed by atoms with Gasteiger partial charge in [-0.05, 0) is 13.2 Å². The van der Waals surface area contributed by atoms with Crippen molar-refractivity contribution in [3.8, 4) is 0 Å². The third kappa shape index (κ3) is 4.67. The molecule has 5 heteroatoms. The zero-order valence-corrected chi connectivity index (χ0v) is 10.6. The summed E-state index contributed by atoms with van der Waals surface area (Å²) in [5.74, 6) is 0. The molecule has 0 saturated carbocycles. The lowest BCUT2D eigenvalue weighted by Gasteiger charge is -2.13. The van der Waals surface area contributed by atoms with Crippen LogP contribution in [0.25, 0.3) is 0 Å². The first-order valence-electron chi connectivity index (χ1n) is 4.22. The highest BCUT2D eigenvalue weighted by atomic mass is 35.5. The first kappa shape index (κ1) is 13.5. The van der Waals surface area contributed by atoms with E-state index in [1.807, 2.05) is 32.2 Å². The second-order valence-corrected chi connectivity index (χ2v) is 3.84. The minimum Gasteiger partial charge on any atom is -0.357 e. The van der Waals surface area contributed by atoms with Crippen molar-refractivity contribution in [2.24, 2.45) is 9.98 Å². The molecule has 0 saturated heterocycles. The third-order valence-electron chi connectivity index (χ3n) is 1.33. The van der Waals surface area contributed by atoms with E-state index in [1.54, 1.807) is 11.8 Å². The molecule has 0 heterocycles. The van der Waals surface area contributed by atoms with E-state index in [0.717, 1.165) is 5.17 Å². The third-order valence-corrected chi connectivity index (χ3v) is 2.49. The van der Waals surface area contributed by atoms with E-state index in [9.17, 15) is 0 Å². The fraction of sp³-hybridized carbons (Fsp3) is 0.556. The van der Waals surface area contributed by atoms with E-state index in [4.69, 9.17) is 11.6 Å². The average molecular weight is 234 g/mol. The molecule has 0 aliphatic carbocycles. The standard InChI is InChI=1S/C9H16ClN3S/c1-6-11-8(10)7(2)12-9(14-5)13(3)4/h2,6H2,1,3-5H3/b11-8+,12-9+. The van der Waals surface area contributed by atoms with Crippen molar-refractivity contribution in [3.05, 3.63) is 12.3 Å². The summed E-state index contributed by atoms with van der Waals surface area (Å²) in [6.07, 6.45) is 1.96. The number of halogens is 1. The molecule has 0 amide bonds. The molecule has 0 aliphatic rings. The topological polar surface area (TPSA) is 28.0 Å². The number of rotatable bonds is 3. The number of hydrogen-bond acceptors (Lipinski definition) is 3. The molecule has 0 atom stereocenters. The largest absolute Gasteiger partial charge is 0.357 e.